The fourth-order valence-electron chi connectivity index (χ4n) is 3.16. The average molecular weight is 454 g/mol. The number of benzene rings is 2. The monoisotopic (exact) mass is 453 g/mol. The summed E-state index contributed by atoms with van der Waals surface area (Å²) in [6, 6.07) is 12.7. The van der Waals surface area contributed by atoms with E-state index in [0.717, 1.165) is 17.7 Å². The minimum absolute atomic E-state index is 0.561. The molecule has 0 aliphatic carbocycles. The van der Waals surface area contributed by atoms with Crippen molar-refractivity contribution in [1.29, 1.82) is 0 Å². The van der Waals surface area contributed by atoms with Crippen LogP contribution in [0.5, 0.6) is 0 Å². The number of thiocarbonyl (C=S) groups is 2. The first-order valence-corrected chi connectivity index (χ1v) is 10.7. The first kappa shape index (κ1) is 22.6. The lowest BCUT2D eigenvalue weighted by molar-refractivity contribution is 0.606. The molecule has 31 heavy (non-hydrogen) atoms. The van der Waals surface area contributed by atoms with E-state index >= 15 is 0 Å². The zero-order chi connectivity index (χ0) is 22.5. The molecule has 0 aliphatic heterocycles. The van der Waals surface area contributed by atoms with Gasteiger partial charge in [0, 0.05) is 56.5 Å². The highest BCUT2D eigenvalue weighted by molar-refractivity contribution is 7.80. The third kappa shape index (κ3) is 5.18. The van der Waals surface area contributed by atoms with Crippen molar-refractivity contribution in [3.63, 3.8) is 0 Å². The van der Waals surface area contributed by atoms with Gasteiger partial charge in [-0.15, -0.1) is 0 Å². The Morgan fingerprint density at radius 3 is 1.61 bits per heavy atom. The van der Waals surface area contributed by atoms with Gasteiger partial charge in [0.1, 0.15) is 0 Å². The lowest BCUT2D eigenvalue weighted by Crippen LogP contribution is -2.30. The molecule has 2 N–H and O–H groups in total. The normalized spacial score (nSPS) is 11.5. The van der Waals surface area contributed by atoms with Crippen LogP contribution in [0, 0.1) is 0 Å². The molecule has 9 heteroatoms. The molecule has 3 rings (SSSR count). The van der Waals surface area contributed by atoms with Gasteiger partial charge in [-0.25, -0.2) is 0 Å². The number of hydrogen-bond acceptors (Lipinski definition) is 4. The summed E-state index contributed by atoms with van der Waals surface area (Å²) in [7, 11) is 7.50. The summed E-state index contributed by atoms with van der Waals surface area (Å²) in [4.78, 5) is 3.60. The Labute approximate surface area is 193 Å². The highest BCUT2D eigenvalue weighted by atomic mass is 32.1. The molecule has 0 saturated carbocycles. The number of aryl methyl sites for hydroxylation is 1. The smallest absolute Gasteiger partial charge is 0.189 e. The third-order valence-electron chi connectivity index (χ3n) is 4.79. The fourth-order valence-corrected chi connectivity index (χ4v) is 3.27. The predicted octanol–water partition coefficient (Wildman–Crippen LogP) is 3.35. The van der Waals surface area contributed by atoms with Crippen LogP contribution >= 0.6 is 24.4 Å². The second kappa shape index (κ2) is 9.84. The van der Waals surface area contributed by atoms with Crippen molar-refractivity contribution in [3.8, 4) is 0 Å². The van der Waals surface area contributed by atoms with Gasteiger partial charge in [-0.05, 0) is 66.8 Å². The molecular weight excluding hydrogens is 426 g/mol. The molecule has 0 bridgehead atoms. The van der Waals surface area contributed by atoms with Crippen LogP contribution in [0.1, 0.15) is 18.1 Å². The molecule has 1 heterocycles. The lowest BCUT2D eigenvalue weighted by atomic mass is 10.1. The van der Waals surface area contributed by atoms with Crippen molar-refractivity contribution in [2.24, 2.45) is 10.2 Å². The first-order chi connectivity index (χ1) is 14.8. The SMILES string of the molecule is CCn1c2ccc(/C=N/NC(=S)N(C)C)cc2c2cc(/C=N/NC(=S)N(C)C)ccc21. The van der Waals surface area contributed by atoms with Crippen molar-refractivity contribution in [2.45, 2.75) is 13.5 Å². The average Bonchev–Trinajstić information content (AvgIpc) is 3.05. The van der Waals surface area contributed by atoms with Gasteiger partial charge in [-0.3, -0.25) is 10.9 Å². The van der Waals surface area contributed by atoms with E-state index in [-0.39, 0.29) is 0 Å². The summed E-state index contributed by atoms with van der Waals surface area (Å²) in [6.45, 7) is 3.04. The fraction of sp³-hybridized carbons (Fsp3) is 0.273. The molecule has 0 fully saturated rings. The van der Waals surface area contributed by atoms with Crippen LogP contribution in [0.3, 0.4) is 0 Å². The Morgan fingerprint density at radius 2 is 1.26 bits per heavy atom. The summed E-state index contributed by atoms with van der Waals surface area (Å²) in [5, 5.41) is 12.0. The quantitative estimate of drug-likeness (QED) is 0.351. The Kier molecular flexibility index (Phi) is 7.19. The lowest BCUT2D eigenvalue weighted by Gasteiger charge is -2.11. The molecule has 0 amide bonds. The number of rotatable bonds is 5. The van der Waals surface area contributed by atoms with Crippen molar-refractivity contribution in [2.75, 3.05) is 28.2 Å². The Morgan fingerprint density at radius 1 is 0.839 bits per heavy atom. The van der Waals surface area contributed by atoms with Crippen molar-refractivity contribution >= 4 is 68.9 Å². The Hall–Kier alpha value is -3.04. The number of nitrogens with one attached hydrogen (secondary N) is 2. The molecule has 0 saturated heterocycles. The summed E-state index contributed by atoms with van der Waals surface area (Å²) in [6.07, 6.45) is 3.56. The molecule has 0 unspecified atom stereocenters. The standard InChI is InChI=1S/C22H27N7S2/c1-6-29-19-9-7-15(13-23-25-21(30)27(2)3)11-17(19)18-12-16(8-10-20(18)29)14-24-26-22(31)28(4)5/h7-14H,6H2,1-5H3,(H,25,30)(H,26,31)/b23-13+,24-14+. The van der Waals surface area contributed by atoms with Crippen LogP contribution in [-0.2, 0) is 6.54 Å². The zero-order valence-electron chi connectivity index (χ0n) is 18.4. The number of hydrogen-bond donors (Lipinski definition) is 2. The minimum Gasteiger partial charge on any atom is -0.354 e. The van der Waals surface area contributed by atoms with Crippen LogP contribution in [0.2, 0.25) is 0 Å². The van der Waals surface area contributed by atoms with Gasteiger partial charge < -0.3 is 14.4 Å². The van der Waals surface area contributed by atoms with Gasteiger partial charge in [-0.1, -0.05) is 12.1 Å². The summed E-state index contributed by atoms with van der Waals surface area (Å²) in [5.74, 6) is 0. The maximum Gasteiger partial charge on any atom is 0.189 e. The van der Waals surface area contributed by atoms with Gasteiger partial charge in [0.05, 0.1) is 12.4 Å². The van der Waals surface area contributed by atoms with Gasteiger partial charge in [0.15, 0.2) is 10.2 Å². The van der Waals surface area contributed by atoms with E-state index in [1.807, 2.05) is 28.2 Å². The maximum absolute atomic E-state index is 5.20. The number of fused-ring (bicyclic) bond motifs is 3. The second-order valence-electron chi connectivity index (χ2n) is 7.44. The largest absolute Gasteiger partial charge is 0.354 e. The van der Waals surface area contributed by atoms with E-state index in [0.29, 0.717) is 10.2 Å². The Bertz CT molecular complexity index is 1090. The number of aromatic nitrogens is 1. The van der Waals surface area contributed by atoms with Gasteiger partial charge in [0.2, 0.25) is 0 Å². The summed E-state index contributed by atoms with van der Waals surface area (Å²) < 4.78 is 2.31. The summed E-state index contributed by atoms with van der Waals surface area (Å²) in [5.41, 5.74) is 10.1. The van der Waals surface area contributed by atoms with Crippen LogP contribution in [0.15, 0.2) is 46.6 Å². The number of hydrazone groups is 2. The van der Waals surface area contributed by atoms with E-state index in [1.165, 1.54) is 21.8 Å². The molecule has 0 spiro atoms. The topological polar surface area (TPSA) is 60.2 Å². The van der Waals surface area contributed by atoms with Crippen molar-refractivity contribution in [3.05, 3.63) is 47.5 Å². The molecule has 0 aliphatic rings. The van der Waals surface area contributed by atoms with E-state index in [4.69, 9.17) is 24.4 Å². The third-order valence-corrected chi connectivity index (χ3v) is 5.70. The van der Waals surface area contributed by atoms with Crippen LogP contribution in [0.4, 0.5) is 0 Å². The first-order valence-electron chi connectivity index (χ1n) is 9.88. The summed E-state index contributed by atoms with van der Waals surface area (Å²) >= 11 is 10.4. The van der Waals surface area contributed by atoms with Crippen molar-refractivity contribution < 1.29 is 0 Å². The van der Waals surface area contributed by atoms with Crippen molar-refractivity contribution in [1.82, 2.24) is 25.2 Å². The van der Waals surface area contributed by atoms with E-state index in [2.05, 4.69) is 68.9 Å². The molecule has 0 atom stereocenters. The number of nitrogens with zero attached hydrogens (tertiary/aromatic N) is 5. The molecule has 162 valence electrons. The molecule has 3 aromatic rings. The van der Waals surface area contributed by atoms with E-state index in [9.17, 15) is 0 Å². The molecular formula is C22H27N7S2. The predicted molar refractivity (Wildman–Crippen MR) is 139 cm³/mol. The highest BCUT2D eigenvalue weighted by Gasteiger charge is 2.10. The van der Waals surface area contributed by atoms with Crippen LogP contribution in [0.25, 0.3) is 21.8 Å². The second-order valence-corrected chi connectivity index (χ2v) is 8.21. The maximum atomic E-state index is 5.20. The van der Waals surface area contributed by atoms with Gasteiger partial charge >= 0.3 is 0 Å². The highest BCUT2D eigenvalue weighted by Crippen LogP contribution is 2.30. The molecule has 0 radical (unpaired) electrons. The van der Waals surface area contributed by atoms with E-state index in [1.54, 1.807) is 22.2 Å². The van der Waals surface area contributed by atoms with Gasteiger partial charge in [-0.2, -0.15) is 10.2 Å². The Balaban J connectivity index is 1.96. The molecule has 2 aromatic carbocycles. The van der Waals surface area contributed by atoms with Crippen LogP contribution < -0.4 is 10.9 Å². The molecule has 7 nitrogen and oxygen atoms in total. The van der Waals surface area contributed by atoms with E-state index < -0.39 is 0 Å². The van der Waals surface area contributed by atoms with Gasteiger partial charge in [0.25, 0.3) is 0 Å². The molecule has 1 aromatic heterocycles. The minimum atomic E-state index is 0.561. The van der Waals surface area contributed by atoms with Crippen LogP contribution in [-0.4, -0.2) is 65.2 Å². The zero-order valence-corrected chi connectivity index (χ0v) is 20.0.